The highest BCUT2D eigenvalue weighted by molar-refractivity contribution is 7.11. The molecule has 0 saturated heterocycles. The summed E-state index contributed by atoms with van der Waals surface area (Å²) in [4.78, 5) is 13.1. The van der Waals surface area contributed by atoms with E-state index in [1.807, 2.05) is 36.6 Å². The van der Waals surface area contributed by atoms with E-state index in [-0.39, 0.29) is 5.91 Å². The second kappa shape index (κ2) is 4.26. The van der Waals surface area contributed by atoms with Gasteiger partial charge in [-0.3, -0.25) is 4.79 Å². The Morgan fingerprint density at radius 1 is 1.33 bits per heavy atom. The van der Waals surface area contributed by atoms with Gasteiger partial charge in [0.05, 0.1) is 5.57 Å². The molecular formula is C14H10ClNOS. The number of fused-ring (bicyclic) bond motifs is 1. The van der Waals surface area contributed by atoms with Crippen molar-refractivity contribution in [1.29, 1.82) is 0 Å². The van der Waals surface area contributed by atoms with E-state index in [2.05, 4.69) is 5.32 Å². The van der Waals surface area contributed by atoms with E-state index in [1.165, 1.54) is 5.56 Å². The number of hydrogen-bond acceptors (Lipinski definition) is 2. The molecule has 3 rings (SSSR count). The molecule has 2 aromatic rings. The first-order chi connectivity index (χ1) is 8.65. The van der Waals surface area contributed by atoms with Crippen LogP contribution in [0.15, 0.2) is 29.6 Å². The number of carbonyl (C=O) groups excluding carboxylic acids is 1. The van der Waals surface area contributed by atoms with Gasteiger partial charge in [0.1, 0.15) is 0 Å². The molecule has 1 aliphatic rings. The van der Waals surface area contributed by atoms with Crippen molar-refractivity contribution in [2.24, 2.45) is 0 Å². The fourth-order valence-corrected chi connectivity index (χ4v) is 3.00. The maximum Gasteiger partial charge on any atom is 0.256 e. The van der Waals surface area contributed by atoms with Crippen molar-refractivity contribution in [3.63, 3.8) is 0 Å². The molecule has 1 aliphatic heterocycles. The third kappa shape index (κ3) is 1.85. The highest BCUT2D eigenvalue weighted by atomic mass is 35.5. The van der Waals surface area contributed by atoms with Crippen molar-refractivity contribution in [2.75, 3.05) is 5.32 Å². The standard InChI is InChI=1S/C14H10ClNOS/c1-8-4-5-18-13(8)7-11-10-6-9(15)2-3-12(10)16-14(11)17/h2-7H,1H3,(H,16,17). The van der Waals surface area contributed by atoms with E-state index in [0.717, 1.165) is 16.1 Å². The molecule has 0 atom stereocenters. The summed E-state index contributed by atoms with van der Waals surface area (Å²) in [6.45, 7) is 2.04. The maximum atomic E-state index is 12.0. The minimum Gasteiger partial charge on any atom is -0.321 e. The fraction of sp³-hybridized carbons (Fsp3) is 0.0714. The van der Waals surface area contributed by atoms with Gasteiger partial charge >= 0.3 is 0 Å². The zero-order chi connectivity index (χ0) is 12.7. The third-order valence-electron chi connectivity index (χ3n) is 2.94. The van der Waals surface area contributed by atoms with Crippen LogP contribution in [0.1, 0.15) is 16.0 Å². The molecule has 1 amide bonds. The van der Waals surface area contributed by atoms with Gasteiger partial charge in [0.25, 0.3) is 5.91 Å². The van der Waals surface area contributed by atoms with Crippen LogP contribution in [0.3, 0.4) is 0 Å². The molecule has 1 aromatic heterocycles. The Morgan fingerprint density at radius 3 is 2.89 bits per heavy atom. The SMILES string of the molecule is Cc1ccsc1C=C1C(=O)Nc2ccc(Cl)cc21. The van der Waals surface area contributed by atoms with Gasteiger partial charge in [-0.15, -0.1) is 11.3 Å². The lowest BCUT2D eigenvalue weighted by molar-refractivity contribution is -0.110. The molecule has 0 aliphatic carbocycles. The zero-order valence-corrected chi connectivity index (χ0v) is 11.2. The Labute approximate surface area is 114 Å². The van der Waals surface area contributed by atoms with E-state index in [0.29, 0.717) is 10.6 Å². The average Bonchev–Trinajstić information content (AvgIpc) is 2.86. The second-order valence-corrected chi connectivity index (χ2v) is 5.55. The lowest BCUT2D eigenvalue weighted by atomic mass is 10.1. The summed E-state index contributed by atoms with van der Waals surface area (Å²) in [5.41, 5.74) is 3.55. The van der Waals surface area contributed by atoms with Gasteiger partial charge in [-0.2, -0.15) is 0 Å². The summed E-state index contributed by atoms with van der Waals surface area (Å²) in [5.74, 6) is -0.0694. The summed E-state index contributed by atoms with van der Waals surface area (Å²) in [6.07, 6.45) is 1.93. The van der Waals surface area contributed by atoms with Crippen LogP contribution < -0.4 is 5.32 Å². The predicted octanol–water partition coefficient (Wildman–Crippen LogP) is 4.20. The first-order valence-corrected chi connectivity index (χ1v) is 6.78. The Hall–Kier alpha value is -1.58. The van der Waals surface area contributed by atoms with Crippen molar-refractivity contribution >= 4 is 46.2 Å². The number of anilines is 1. The summed E-state index contributed by atoms with van der Waals surface area (Å²) < 4.78 is 0. The van der Waals surface area contributed by atoms with Crippen molar-refractivity contribution in [3.05, 3.63) is 50.7 Å². The van der Waals surface area contributed by atoms with E-state index >= 15 is 0 Å². The number of hydrogen-bond donors (Lipinski definition) is 1. The molecule has 1 N–H and O–H groups in total. The largest absolute Gasteiger partial charge is 0.321 e. The van der Waals surface area contributed by atoms with Crippen molar-refractivity contribution in [3.8, 4) is 0 Å². The van der Waals surface area contributed by atoms with Gasteiger partial charge < -0.3 is 5.32 Å². The molecule has 0 spiro atoms. The minimum absolute atomic E-state index is 0.0694. The highest BCUT2D eigenvalue weighted by Crippen LogP contribution is 2.35. The lowest BCUT2D eigenvalue weighted by Crippen LogP contribution is -2.03. The summed E-state index contributed by atoms with van der Waals surface area (Å²) >= 11 is 7.61. The topological polar surface area (TPSA) is 29.1 Å². The molecule has 0 saturated carbocycles. The normalized spacial score (nSPS) is 15.9. The van der Waals surface area contributed by atoms with Crippen molar-refractivity contribution < 1.29 is 4.79 Å². The van der Waals surface area contributed by atoms with Crippen LogP contribution in [0.5, 0.6) is 0 Å². The minimum atomic E-state index is -0.0694. The maximum absolute atomic E-state index is 12.0. The number of halogens is 1. The van der Waals surface area contributed by atoms with Crippen LogP contribution in [0.2, 0.25) is 5.02 Å². The Balaban J connectivity index is 2.14. The van der Waals surface area contributed by atoms with E-state index in [1.54, 1.807) is 17.4 Å². The summed E-state index contributed by atoms with van der Waals surface area (Å²) in [5, 5.41) is 5.50. The quantitative estimate of drug-likeness (QED) is 0.777. The first-order valence-electron chi connectivity index (χ1n) is 5.52. The number of carbonyl (C=O) groups is 1. The van der Waals surface area contributed by atoms with E-state index < -0.39 is 0 Å². The van der Waals surface area contributed by atoms with E-state index in [9.17, 15) is 4.79 Å². The number of nitrogens with one attached hydrogen (secondary N) is 1. The Bertz CT molecular complexity index is 672. The lowest BCUT2D eigenvalue weighted by Gasteiger charge is -1.99. The van der Waals surface area contributed by atoms with Crippen LogP contribution in [0.25, 0.3) is 11.6 Å². The molecule has 2 heterocycles. The molecule has 0 radical (unpaired) electrons. The Kier molecular flexibility index (Phi) is 2.73. The molecule has 0 bridgehead atoms. The van der Waals surface area contributed by atoms with Crippen LogP contribution in [0.4, 0.5) is 5.69 Å². The Morgan fingerprint density at radius 2 is 2.17 bits per heavy atom. The van der Waals surface area contributed by atoms with Crippen molar-refractivity contribution in [2.45, 2.75) is 6.92 Å². The van der Waals surface area contributed by atoms with Gasteiger partial charge in [0.15, 0.2) is 0 Å². The molecule has 4 heteroatoms. The van der Waals surface area contributed by atoms with Crippen molar-refractivity contribution in [1.82, 2.24) is 0 Å². The van der Waals surface area contributed by atoms with Crippen LogP contribution in [-0.2, 0) is 4.79 Å². The number of thiophene rings is 1. The van der Waals surface area contributed by atoms with Gasteiger partial charge in [-0.25, -0.2) is 0 Å². The van der Waals surface area contributed by atoms with Gasteiger partial charge in [0, 0.05) is 21.2 Å². The molecule has 90 valence electrons. The molecule has 1 aromatic carbocycles. The number of rotatable bonds is 1. The highest BCUT2D eigenvalue weighted by Gasteiger charge is 2.24. The smallest absolute Gasteiger partial charge is 0.256 e. The number of aryl methyl sites for hydroxylation is 1. The van der Waals surface area contributed by atoms with Crippen LogP contribution >= 0.6 is 22.9 Å². The number of amides is 1. The average molecular weight is 276 g/mol. The third-order valence-corrected chi connectivity index (χ3v) is 4.14. The molecule has 2 nitrogen and oxygen atoms in total. The molecule has 0 fully saturated rings. The summed E-state index contributed by atoms with van der Waals surface area (Å²) in [7, 11) is 0. The van der Waals surface area contributed by atoms with Gasteiger partial charge in [-0.05, 0) is 48.2 Å². The first kappa shape index (κ1) is 11.5. The summed E-state index contributed by atoms with van der Waals surface area (Å²) in [6, 6.07) is 7.48. The zero-order valence-electron chi connectivity index (χ0n) is 9.66. The van der Waals surface area contributed by atoms with Gasteiger partial charge in [0.2, 0.25) is 0 Å². The second-order valence-electron chi connectivity index (χ2n) is 4.17. The van der Waals surface area contributed by atoms with E-state index in [4.69, 9.17) is 11.6 Å². The van der Waals surface area contributed by atoms with Crippen LogP contribution in [-0.4, -0.2) is 5.91 Å². The molecule has 0 unspecified atom stereocenters. The van der Waals surface area contributed by atoms with Gasteiger partial charge in [-0.1, -0.05) is 11.6 Å². The fourth-order valence-electron chi connectivity index (χ4n) is 1.97. The molecule has 18 heavy (non-hydrogen) atoms. The monoisotopic (exact) mass is 275 g/mol. The van der Waals surface area contributed by atoms with Crippen LogP contribution in [0, 0.1) is 6.92 Å². The number of benzene rings is 1. The molecular weight excluding hydrogens is 266 g/mol. The predicted molar refractivity (Wildman–Crippen MR) is 77.0 cm³/mol.